The Hall–Kier alpha value is -2.67. The molecule has 6 nitrogen and oxygen atoms in total. The minimum Gasteiger partial charge on any atom is -0.345 e. The van der Waals surface area contributed by atoms with Crippen molar-refractivity contribution in [1.82, 2.24) is 4.90 Å². The average Bonchev–Trinajstić information content (AvgIpc) is 2.53. The van der Waals surface area contributed by atoms with Gasteiger partial charge in [0.25, 0.3) is 11.8 Å². The van der Waals surface area contributed by atoms with Gasteiger partial charge in [-0.1, -0.05) is 18.2 Å². The zero-order valence-corrected chi connectivity index (χ0v) is 14.4. The van der Waals surface area contributed by atoms with Crippen molar-refractivity contribution in [3.05, 3.63) is 59.7 Å². The third-order valence-electron chi connectivity index (χ3n) is 3.30. The van der Waals surface area contributed by atoms with Gasteiger partial charge >= 0.3 is 0 Å². The number of rotatable bonds is 4. The van der Waals surface area contributed by atoms with Crippen LogP contribution in [-0.2, 0) is 9.84 Å². The molecule has 0 heterocycles. The first-order chi connectivity index (χ1) is 11.2. The first-order valence-electron chi connectivity index (χ1n) is 7.12. The summed E-state index contributed by atoms with van der Waals surface area (Å²) in [4.78, 5) is 25.8. The lowest BCUT2D eigenvalue weighted by Gasteiger charge is -2.12. The molecular formula is C17H18N2O4S. The minimum absolute atomic E-state index is 0.0389. The molecule has 2 aromatic rings. The second-order valence-corrected chi connectivity index (χ2v) is 7.49. The molecule has 2 aromatic carbocycles. The number of amides is 2. The second-order valence-electron chi connectivity index (χ2n) is 5.50. The predicted molar refractivity (Wildman–Crippen MR) is 92.0 cm³/mol. The van der Waals surface area contributed by atoms with Crippen molar-refractivity contribution in [3.8, 4) is 0 Å². The largest absolute Gasteiger partial charge is 0.345 e. The molecule has 0 saturated carbocycles. The van der Waals surface area contributed by atoms with Gasteiger partial charge in [0, 0.05) is 31.6 Å². The molecule has 126 valence electrons. The van der Waals surface area contributed by atoms with Crippen LogP contribution >= 0.6 is 0 Å². The fourth-order valence-electron chi connectivity index (χ4n) is 2.16. The van der Waals surface area contributed by atoms with Gasteiger partial charge in [0.15, 0.2) is 9.84 Å². The van der Waals surface area contributed by atoms with Gasteiger partial charge in [0.1, 0.15) is 0 Å². The summed E-state index contributed by atoms with van der Waals surface area (Å²) >= 11 is 0. The van der Waals surface area contributed by atoms with Crippen LogP contribution in [0.4, 0.5) is 5.69 Å². The zero-order chi connectivity index (χ0) is 17.9. The zero-order valence-electron chi connectivity index (χ0n) is 13.6. The van der Waals surface area contributed by atoms with E-state index in [4.69, 9.17) is 0 Å². The molecular weight excluding hydrogens is 328 g/mol. The van der Waals surface area contributed by atoms with Gasteiger partial charge in [-0.2, -0.15) is 0 Å². The standard InChI is InChI=1S/C17H18N2O4S/c1-19(2)17(21)12-7-6-8-13(11-12)18-16(20)14-9-4-5-10-15(14)24(3,22)23/h4-11H,1-3H3,(H,18,20). The smallest absolute Gasteiger partial charge is 0.256 e. The number of carbonyl (C=O) groups excluding carboxylic acids is 2. The SMILES string of the molecule is CN(C)C(=O)c1cccc(NC(=O)c2ccccc2S(C)(=O)=O)c1. The maximum Gasteiger partial charge on any atom is 0.256 e. The molecule has 0 aliphatic rings. The normalized spacial score (nSPS) is 11.0. The summed E-state index contributed by atoms with van der Waals surface area (Å²) < 4.78 is 23.6. The summed E-state index contributed by atoms with van der Waals surface area (Å²) in [5, 5.41) is 2.63. The van der Waals surface area contributed by atoms with E-state index < -0.39 is 15.7 Å². The van der Waals surface area contributed by atoms with Gasteiger partial charge in [-0.15, -0.1) is 0 Å². The lowest BCUT2D eigenvalue weighted by atomic mass is 10.1. The summed E-state index contributed by atoms with van der Waals surface area (Å²) in [5.74, 6) is -0.742. The van der Waals surface area contributed by atoms with Crippen LogP contribution in [0.5, 0.6) is 0 Å². The lowest BCUT2D eigenvalue weighted by molar-refractivity contribution is 0.0827. The van der Waals surface area contributed by atoms with Crippen molar-refractivity contribution in [2.24, 2.45) is 0 Å². The van der Waals surface area contributed by atoms with E-state index in [1.807, 2.05) is 0 Å². The Labute approximate surface area is 141 Å². The van der Waals surface area contributed by atoms with Crippen molar-refractivity contribution in [1.29, 1.82) is 0 Å². The number of carbonyl (C=O) groups is 2. The molecule has 0 aromatic heterocycles. The van der Waals surface area contributed by atoms with E-state index in [2.05, 4.69) is 5.32 Å². The summed E-state index contributed by atoms with van der Waals surface area (Å²) in [5.41, 5.74) is 0.898. The maximum absolute atomic E-state index is 12.4. The summed E-state index contributed by atoms with van der Waals surface area (Å²) in [6.07, 6.45) is 1.05. The number of nitrogens with zero attached hydrogens (tertiary/aromatic N) is 1. The Balaban J connectivity index is 2.32. The van der Waals surface area contributed by atoms with E-state index in [0.717, 1.165) is 6.26 Å². The van der Waals surface area contributed by atoms with E-state index in [1.165, 1.54) is 17.0 Å². The molecule has 0 aliphatic heterocycles. The Bertz CT molecular complexity index is 889. The van der Waals surface area contributed by atoms with Crippen molar-refractivity contribution < 1.29 is 18.0 Å². The van der Waals surface area contributed by atoms with Crippen LogP contribution in [0.3, 0.4) is 0 Å². The van der Waals surface area contributed by atoms with Crippen molar-refractivity contribution >= 4 is 27.3 Å². The summed E-state index contributed by atoms with van der Waals surface area (Å²) in [7, 11) is -0.256. The van der Waals surface area contributed by atoms with E-state index >= 15 is 0 Å². The fraction of sp³-hybridized carbons (Fsp3) is 0.176. The predicted octanol–water partition coefficient (Wildman–Crippen LogP) is 2.04. The molecule has 0 radical (unpaired) electrons. The Morgan fingerprint density at radius 1 is 1.00 bits per heavy atom. The summed E-state index contributed by atoms with van der Waals surface area (Å²) in [6.45, 7) is 0. The topological polar surface area (TPSA) is 83.6 Å². The Kier molecular flexibility index (Phi) is 5.04. The first kappa shape index (κ1) is 17.7. The molecule has 0 saturated heterocycles. The van der Waals surface area contributed by atoms with Gasteiger partial charge in [0.05, 0.1) is 10.5 Å². The molecule has 1 N–H and O–H groups in total. The van der Waals surface area contributed by atoms with Crippen LogP contribution in [0.25, 0.3) is 0 Å². The third kappa shape index (κ3) is 3.99. The molecule has 24 heavy (non-hydrogen) atoms. The first-order valence-corrected chi connectivity index (χ1v) is 9.01. The minimum atomic E-state index is -3.53. The highest BCUT2D eigenvalue weighted by molar-refractivity contribution is 7.90. The van der Waals surface area contributed by atoms with Gasteiger partial charge < -0.3 is 10.2 Å². The molecule has 0 atom stereocenters. The van der Waals surface area contributed by atoms with Gasteiger partial charge in [-0.3, -0.25) is 9.59 Å². The molecule has 2 amide bonds. The van der Waals surface area contributed by atoms with E-state index in [9.17, 15) is 18.0 Å². The molecule has 2 rings (SSSR count). The molecule has 0 aliphatic carbocycles. The molecule has 0 unspecified atom stereocenters. The number of benzene rings is 2. The highest BCUT2D eigenvalue weighted by Gasteiger charge is 2.18. The third-order valence-corrected chi connectivity index (χ3v) is 4.46. The summed E-state index contributed by atoms with van der Waals surface area (Å²) in [6, 6.07) is 12.4. The Morgan fingerprint density at radius 3 is 2.29 bits per heavy atom. The average molecular weight is 346 g/mol. The molecule has 0 spiro atoms. The van der Waals surface area contributed by atoms with Gasteiger partial charge in [-0.05, 0) is 30.3 Å². The van der Waals surface area contributed by atoms with E-state index in [0.29, 0.717) is 11.3 Å². The van der Waals surface area contributed by atoms with E-state index in [1.54, 1.807) is 50.5 Å². The van der Waals surface area contributed by atoms with Crippen molar-refractivity contribution in [2.75, 3.05) is 25.7 Å². The molecule has 0 fully saturated rings. The maximum atomic E-state index is 12.4. The van der Waals surface area contributed by atoms with Crippen LogP contribution < -0.4 is 5.32 Å². The number of hydrogen-bond acceptors (Lipinski definition) is 4. The van der Waals surface area contributed by atoms with Crippen LogP contribution in [-0.4, -0.2) is 45.5 Å². The van der Waals surface area contributed by atoms with Crippen LogP contribution in [0, 0.1) is 0 Å². The van der Waals surface area contributed by atoms with Crippen LogP contribution in [0.2, 0.25) is 0 Å². The molecule has 0 bridgehead atoms. The highest BCUT2D eigenvalue weighted by Crippen LogP contribution is 2.18. The monoisotopic (exact) mass is 346 g/mol. The lowest BCUT2D eigenvalue weighted by Crippen LogP contribution is -2.22. The van der Waals surface area contributed by atoms with Gasteiger partial charge in [-0.25, -0.2) is 8.42 Å². The number of nitrogens with one attached hydrogen (secondary N) is 1. The number of sulfone groups is 1. The highest BCUT2D eigenvalue weighted by atomic mass is 32.2. The van der Waals surface area contributed by atoms with Crippen molar-refractivity contribution in [2.45, 2.75) is 4.90 Å². The quantitative estimate of drug-likeness (QED) is 0.918. The number of hydrogen-bond donors (Lipinski definition) is 1. The second kappa shape index (κ2) is 6.84. The van der Waals surface area contributed by atoms with Crippen LogP contribution in [0.15, 0.2) is 53.4 Å². The van der Waals surface area contributed by atoms with Crippen LogP contribution in [0.1, 0.15) is 20.7 Å². The van der Waals surface area contributed by atoms with Gasteiger partial charge in [0.2, 0.25) is 0 Å². The number of anilines is 1. The Morgan fingerprint density at radius 2 is 1.67 bits per heavy atom. The molecule has 7 heteroatoms. The van der Waals surface area contributed by atoms with Crippen molar-refractivity contribution in [3.63, 3.8) is 0 Å². The van der Waals surface area contributed by atoms with E-state index in [-0.39, 0.29) is 16.4 Å². The fourth-order valence-corrected chi connectivity index (χ4v) is 3.05.